The standard InChI is InChI=1S/C21H32O6.2C8H14O.3H2O/c22-9-5-1-3-7-11-26-20(24)18-14-16-13-17(16)15-19(18)21(25)27-12-8-4-2-6-10-23;2*9-5-6-1-2-7-4-8(7)3-6;;;/h9-10,16-19H,1-8,11-15H2;2*6-9H,1-5H2;3*1H2. The maximum Gasteiger partial charge on any atom is 0.309 e. The van der Waals surface area contributed by atoms with Gasteiger partial charge in [-0.3, -0.25) is 9.59 Å². The van der Waals surface area contributed by atoms with Crippen molar-refractivity contribution in [2.75, 3.05) is 26.4 Å². The Labute approximate surface area is 287 Å². The summed E-state index contributed by atoms with van der Waals surface area (Å²) < 4.78 is 10.8. The van der Waals surface area contributed by atoms with Gasteiger partial charge in [-0.15, -0.1) is 0 Å². The fourth-order valence-corrected chi connectivity index (χ4v) is 8.19. The summed E-state index contributed by atoms with van der Waals surface area (Å²) in [5.41, 5.74) is 0. The van der Waals surface area contributed by atoms with Crippen molar-refractivity contribution in [1.82, 2.24) is 0 Å². The molecule has 6 fully saturated rings. The number of hydrogen-bond acceptors (Lipinski definition) is 8. The summed E-state index contributed by atoms with van der Waals surface area (Å²) in [4.78, 5) is 45.6. The first kappa shape index (κ1) is 44.1. The van der Waals surface area contributed by atoms with Crippen LogP contribution in [-0.4, -0.2) is 77.6 Å². The number of carbonyl (C=O) groups is 4. The number of esters is 2. The fraction of sp³-hybridized carbons (Fsp3) is 0.892. The predicted molar refractivity (Wildman–Crippen MR) is 182 cm³/mol. The van der Waals surface area contributed by atoms with Crippen LogP contribution >= 0.6 is 0 Å². The Morgan fingerprint density at radius 3 is 1.23 bits per heavy atom. The summed E-state index contributed by atoms with van der Waals surface area (Å²) in [6.07, 6.45) is 21.2. The van der Waals surface area contributed by atoms with Crippen molar-refractivity contribution in [3.8, 4) is 0 Å². The number of carbonyl (C=O) groups excluding carboxylic acids is 4. The van der Waals surface area contributed by atoms with Crippen LogP contribution in [0.1, 0.15) is 122 Å². The average Bonchev–Trinajstić information content (AvgIpc) is 3.96. The van der Waals surface area contributed by atoms with Gasteiger partial charge in [-0.2, -0.15) is 0 Å². The Morgan fingerprint density at radius 2 is 0.875 bits per heavy atom. The van der Waals surface area contributed by atoms with Gasteiger partial charge in [0.2, 0.25) is 0 Å². The van der Waals surface area contributed by atoms with Crippen molar-refractivity contribution in [1.29, 1.82) is 0 Å². The number of hydrogen-bond donors (Lipinski definition) is 2. The molecule has 8 N–H and O–H groups in total. The van der Waals surface area contributed by atoms with Crippen molar-refractivity contribution < 1.29 is 55.3 Å². The van der Waals surface area contributed by atoms with Crippen molar-refractivity contribution in [2.45, 2.75) is 122 Å². The molecule has 0 aromatic heterocycles. The molecule has 6 saturated carbocycles. The molecule has 280 valence electrons. The highest BCUT2D eigenvalue weighted by Crippen LogP contribution is 2.54. The minimum Gasteiger partial charge on any atom is -0.465 e. The largest absolute Gasteiger partial charge is 0.465 e. The SMILES string of the molecule is O.O.O.O=CCCCCCOC(=O)C1CC2CC2CC1C(=O)OCCCCCC=O.OCC1CCC2CC2C1.OCC1CCC2CC2C1. The second-order valence-corrected chi connectivity index (χ2v) is 15.0. The van der Waals surface area contributed by atoms with E-state index in [-0.39, 0.29) is 40.2 Å². The van der Waals surface area contributed by atoms with E-state index in [1.165, 1.54) is 51.4 Å². The maximum atomic E-state index is 12.5. The highest BCUT2D eigenvalue weighted by molar-refractivity contribution is 5.82. The van der Waals surface area contributed by atoms with E-state index in [9.17, 15) is 19.2 Å². The van der Waals surface area contributed by atoms with E-state index in [1.807, 2.05) is 0 Å². The molecule has 10 atom stereocenters. The van der Waals surface area contributed by atoms with Crippen LogP contribution in [0.25, 0.3) is 0 Å². The van der Waals surface area contributed by atoms with Crippen LogP contribution in [0.3, 0.4) is 0 Å². The van der Waals surface area contributed by atoms with E-state index >= 15 is 0 Å². The average molecular weight is 687 g/mol. The summed E-state index contributed by atoms with van der Waals surface area (Å²) in [5, 5.41) is 17.7. The molecule has 10 unspecified atom stereocenters. The fourth-order valence-electron chi connectivity index (χ4n) is 8.19. The molecular formula is C37H66O11. The van der Waals surface area contributed by atoms with E-state index in [0.717, 1.165) is 94.0 Å². The topological polar surface area (TPSA) is 222 Å². The molecule has 0 radical (unpaired) electrons. The number of rotatable bonds is 16. The number of unbranched alkanes of at least 4 members (excludes halogenated alkanes) is 6. The molecule has 0 aromatic rings. The lowest BCUT2D eigenvalue weighted by Gasteiger charge is -2.28. The second kappa shape index (κ2) is 23.5. The number of fused-ring (bicyclic) bond motifs is 3. The minimum absolute atomic E-state index is 0. The first-order valence-corrected chi connectivity index (χ1v) is 18.4. The van der Waals surface area contributed by atoms with Crippen molar-refractivity contribution >= 4 is 24.5 Å². The third-order valence-corrected chi connectivity index (χ3v) is 11.5. The molecule has 0 heterocycles. The zero-order valence-corrected chi connectivity index (χ0v) is 29.0. The number of ether oxygens (including phenoxy) is 2. The van der Waals surface area contributed by atoms with Gasteiger partial charge in [-0.25, -0.2) is 0 Å². The van der Waals surface area contributed by atoms with Crippen LogP contribution in [0.4, 0.5) is 0 Å². The maximum absolute atomic E-state index is 12.5. The third kappa shape index (κ3) is 14.9. The molecule has 48 heavy (non-hydrogen) atoms. The van der Waals surface area contributed by atoms with Gasteiger partial charge in [0, 0.05) is 26.1 Å². The monoisotopic (exact) mass is 686 g/mol. The molecular weight excluding hydrogens is 620 g/mol. The van der Waals surface area contributed by atoms with E-state index in [1.54, 1.807) is 0 Å². The van der Waals surface area contributed by atoms with Gasteiger partial charge >= 0.3 is 11.9 Å². The van der Waals surface area contributed by atoms with Crippen LogP contribution < -0.4 is 0 Å². The van der Waals surface area contributed by atoms with Crippen LogP contribution in [0.15, 0.2) is 0 Å². The lowest BCUT2D eigenvalue weighted by atomic mass is 9.79. The van der Waals surface area contributed by atoms with Gasteiger partial charge in [-0.1, -0.05) is 0 Å². The van der Waals surface area contributed by atoms with Crippen LogP contribution in [0.2, 0.25) is 0 Å². The zero-order valence-electron chi connectivity index (χ0n) is 29.0. The van der Waals surface area contributed by atoms with Gasteiger partial charge in [0.25, 0.3) is 0 Å². The molecule has 0 saturated heterocycles. The van der Waals surface area contributed by atoms with Gasteiger partial charge in [0.1, 0.15) is 12.6 Å². The summed E-state index contributed by atoms with van der Waals surface area (Å²) in [7, 11) is 0. The van der Waals surface area contributed by atoms with E-state index < -0.39 is 0 Å². The molecule has 11 nitrogen and oxygen atoms in total. The minimum atomic E-state index is -0.383. The van der Waals surface area contributed by atoms with Crippen molar-refractivity contribution in [3.05, 3.63) is 0 Å². The lowest BCUT2D eigenvalue weighted by Crippen LogP contribution is -2.36. The van der Waals surface area contributed by atoms with E-state index in [0.29, 0.717) is 62.9 Å². The molecule has 6 aliphatic carbocycles. The first-order chi connectivity index (χ1) is 22.0. The van der Waals surface area contributed by atoms with Crippen molar-refractivity contribution in [2.24, 2.45) is 59.2 Å². The molecule has 0 bridgehead atoms. The highest BCUT2D eigenvalue weighted by atomic mass is 16.5. The summed E-state index contributed by atoms with van der Waals surface area (Å²) in [5.74, 6) is 5.32. The highest BCUT2D eigenvalue weighted by Gasteiger charge is 2.52. The Hall–Kier alpha value is -1.92. The van der Waals surface area contributed by atoms with Gasteiger partial charge < -0.3 is 45.7 Å². The van der Waals surface area contributed by atoms with Crippen LogP contribution in [0, 0.1) is 59.2 Å². The van der Waals surface area contributed by atoms with Crippen LogP contribution in [0.5, 0.6) is 0 Å². The summed E-state index contributed by atoms with van der Waals surface area (Å²) in [6.45, 7) is 1.56. The first-order valence-electron chi connectivity index (χ1n) is 18.4. The molecule has 11 heteroatoms. The molecule has 0 amide bonds. The van der Waals surface area contributed by atoms with Gasteiger partial charge in [0.05, 0.1) is 25.0 Å². The Kier molecular flexibility index (Phi) is 21.6. The molecule has 0 aromatic carbocycles. The molecule has 6 rings (SSSR count). The molecule has 0 aliphatic heterocycles. The van der Waals surface area contributed by atoms with Gasteiger partial charge in [0.15, 0.2) is 0 Å². The zero-order chi connectivity index (χ0) is 32.0. The number of aliphatic hydroxyl groups excluding tert-OH is 2. The second-order valence-electron chi connectivity index (χ2n) is 15.0. The van der Waals surface area contributed by atoms with E-state index in [2.05, 4.69) is 0 Å². The Bertz CT molecular complexity index is 857. The number of aliphatic hydroxyl groups is 2. The Morgan fingerprint density at radius 1 is 0.500 bits per heavy atom. The molecule has 6 aliphatic rings. The summed E-state index contributed by atoms with van der Waals surface area (Å²) >= 11 is 0. The quantitative estimate of drug-likeness (QED) is 0.138. The Balaban J connectivity index is 0.000000443. The van der Waals surface area contributed by atoms with Crippen LogP contribution in [-0.2, 0) is 28.7 Å². The van der Waals surface area contributed by atoms with Gasteiger partial charge in [-0.05, 0) is 156 Å². The lowest BCUT2D eigenvalue weighted by molar-refractivity contribution is -0.163. The molecule has 0 spiro atoms. The normalized spacial score (nSPS) is 32.7. The predicted octanol–water partition coefficient (Wildman–Crippen LogP) is 3.61. The number of aldehydes is 2. The van der Waals surface area contributed by atoms with Crippen molar-refractivity contribution in [3.63, 3.8) is 0 Å². The smallest absolute Gasteiger partial charge is 0.309 e. The summed E-state index contributed by atoms with van der Waals surface area (Å²) in [6, 6.07) is 0. The third-order valence-electron chi connectivity index (χ3n) is 11.5. The van der Waals surface area contributed by atoms with E-state index in [4.69, 9.17) is 19.7 Å².